The Bertz CT molecular complexity index is 1150. The Kier molecular flexibility index (Phi) is 4.50. The zero-order chi connectivity index (χ0) is 21.0. The van der Waals surface area contributed by atoms with E-state index in [9.17, 15) is 18.0 Å². The topological polar surface area (TPSA) is 71.5 Å². The fourth-order valence-electron chi connectivity index (χ4n) is 4.65. The quantitative estimate of drug-likeness (QED) is 0.727. The van der Waals surface area contributed by atoms with Crippen LogP contribution in [0.3, 0.4) is 0 Å². The van der Waals surface area contributed by atoms with Crippen LogP contribution in [0.5, 0.6) is 0 Å². The van der Waals surface area contributed by atoms with Gasteiger partial charge in [-0.1, -0.05) is 48.9 Å². The Morgan fingerprint density at radius 3 is 2.45 bits per heavy atom. The molecule has 2 atom stereocenters. The van der Waals surface area contributed by atoms with Crippen LogP contribution >= 0.6 is 0 Å². The number of aldehydes is 1. The zero-order valence-electron chi connectivity index (χ0n) is 16.7. The molecule has 4 rings (SSSR count). The molecule has 1 aliphatic heterocycles. The van der Waals surface area contributed by atoms with Gasteiger partial charge in [0, 0.05) is 17.9 Å². The van der Waals surface area contributed by atoms with Crippen molar-refractivity contribution in [1.29, 1.82) is 0 Å². The summed E-state index contributed by atoms with van der Waals surface area (Å²) in [5.74, 6) is -0.494. The Balaban J connectivity index is 1.84. The Morgan fingerprint density at radius 2 is 1.83 bits per heavy atom. The van der Waals surface area contributed by atoms with E-state index >= 15 is 0 Å². The van der Waals surface area contributed by atoms with E-state index in [4.69, 9.17) is 0 Å². The summed E-state index contributed by atoms with van der Waals surface area (Å²) >= 11 is 0. The van der Waals surface area contributed by atoms with E-state index in [1.165, 1.54) is 11.8 Å². The van der Waals surface area contributed by atoms with Gasteiger partial charge in [-0.15, -0.1) is 0 Å². The van der Waals surface area contributed by atoms with Crippen LogP contribution in [0.2, 0.25) is 0 Å². The second-order valence-corrected chi connectivity index (χ2v) is 10.1. The summed E-state index contributed by atoms with van der Waals surface area (Å²) in [5.41, 5.74) is 3.48. The summed E-state index contributed by atoms with van der Waals surface area (Å²) in [6, 6.07) is 13.6. The monoisotopic (exact) mass is 409 g/mol. The van der Waals surface area contributed by atoms with Crippen LogP contribution in [0.1, 0.15) is 30.5 Å². The molecule has 2 aromatic rings. The van der Waals surface area contributed by atoms with E-state index < -0.39 is 21.3 Å². The molecule has 1 heterocycles. The normalized spacial score (nSPS) is 23.1. The van der Waals surface area contributed by atoms with Gasteiger partial charge in [0.05, 0.1) is 16.3 Å². The van der Waals surface area contributed by atoms with Crippen molar-refractivity contribution in [2.75, 3.05) is 5.75 Å². The van der Waals surface area contributed by atoms with Crippen molar-refractivity contribution in [2.24, 2.45) is 5.41 Å². The van der Waals surface area contributed by atoms with Crippen molar-refractivity contribution >= 4 is 27.7 Å². The van der Waals surface area contributed by atoms with Gasteiger partial charge in [-0.25, -0.2) is 8.42 Å². The van der Waals surface area contributed by atoms with E-state index in [1.54, 1.807) is 31.2 Å². The van der Waals surface area contributed by atoms with Gasteiger partial charge in [-0.05, 0) is 36.6 Å². The summed E-state index contributed by atoms with van der Waals surface area (Å²) in [4.78, 5) is 26.4. The number of nitrogens with zero attached hydrogens (tertiary/aromatic N) is 1. The molecule has 0 N–H and O–H groups in total. The number of aryl methyl sites for hydroxylation is 1. The van der Waals surface area contributed by atoms with Crippen molar-refractivity contribution in [3.63, 3.8) is 0 Å². The van der Waals surface area contributed by atoms with E-state index in [2.05, 4.69) is 0 Å². The highest BCUT2D eigenvalue weighted by atomic mass is 32.2. The van der Waals surface area contributed by atoms with E-state index in [0.717, 1.165) is 22.3 Å². The standard InChI is InChI=1S/C23H23NO4S/c1-15-8-10-18(11-9-15)29(27,28)14-23(3)20-12-17-6-4-5-7-19(17)22(20)24(16(2)26)21(23)13-25/h4-11,13,21H,12,14H2,1-3H3. The summed E-state index contributed by atoms with van der Waals surface area (Å²) in [6.45, 7) is 5.11. The SMILES string of the molecule is CC(=O)N1C2=C(Cc3ccccc32)C(C)(CS(=O)(=O)c2ccc(C)cc2)C1C=O. The fraction of sp³-hybridized carbons (Fsp3) is 0.304. The van der Waals surface area contributed by atoms with E-state index in [0.29, 0.717) is 18.4 Å². The molecule has 0 radical (unpaired) electrons. The maximum Gasteiger partial charge on any atom is 0.224 e. The molecule has 1 amide bonds. The van der Waals surface area contributed by atoms with Gasteiger partial charge in [0.1, 0.15) is 12.3 Å². The number of hydrogen-bond donors (Lipinski definition) is 0. The van der Waals surface area contributed by atoms with Gasteiger partial charge < -0.3 is 9.69 Å². The minimum atomic E-state index is -3.67. The van der Waals surface area contributed by atoms with Gasteiger partial charge in [0.15, 0.2) is 9.84 Å². The maximum atomic E-state index is 13.3. The van der Waals surface area contributed by atoms with Crippen molar-refractivity contribution in [3.05, 3.63) is 70.8 Å². The molecule has 2 aromatic carbocycles. The highest BCUT2D eigenvalue weighted by Crippen LogP contribution is 2.53. The van der Waals surface area contributed by atoms with Crippen LogP contribution < -0.4 is 0 Å². The lowest BCUT2D eigenvalue weighted by atomic mass is 9.78. The minimum absolute atomic E-state index is 0.230. The van der Waals surface area contributed by atoms with Gasteiger partial charge in [0.2, 0.25) is 5.91 Å². The molecule has 5 nitrogen and oxygen atoms in total. The van der Waals surface area contributed by atoms with Crippen LogP contribution in [0.25, 0.3) is 5.70 Å². The number of carbonyl (C=O) groups excluding carboxylic acids is 2. The van der Waals surface area contributed by atoms with Crippen molar-refractivity contribution in [3.8, 4) is 0 Å². The first-order valence-electron chi connectivity index (χ1n) is 9.55. The third-order valence-corrected chi connectivity index (χ3v) is 8.10. The molecule has 2 aliphatic rings. The first kappa shape index (κ1) is 19.6. The molecular formula is C23H23NO4S. The Hall–Kier alpha value is -2.73. The Labute approximate surface area is 171 Å². The molecule has 1 aliphatic carbocycles. The predicted molar refractivity (Wildman–Crippen MR) is 111 cm³/mol. The lowest BCUT2D eigenvalue weighted by molar-refractivity contribution is -0.131. The number of carbonyl (C=O) groups is 2. The number of hydrogen-bond acceptors (Lipinski definition) is 4. The number of fused-ring (bicyclic) bond motifs is 2. The third-order valence-electron chi connectivity index (χ3n) is 6.12. The minimum Gasteiger partial charge on any atom is -0.301 e. The molecular weight excluding hydrogens is 386 g/mol. The fourth-order valence-corrected chi connectivity index (χ4v) is 6.50. The molecule has 2 unspecified atom stereocenters. The zero-order valence-corrected chi connectivity index (χ0v) is 17.5. The van der Waals surface area contributed by atoms with Crippen molar-refractivity contribution < 1.29 is 18.0 Å². The summed E-state index contributed by atoms with van der Waals surface area (Å²) in [5, 5.41) is 0. The second-order valence-electron chi connectivity index (χ2n) is 8.12. The van der Waals surface area contributed by atoms with E-state index in [-0.39, 0.29) is 16.6 Å². The molecule has 29 heavy (non-hydrogen) atoms. The average molecular weight is 410 g/mol. The van der Waals surface area contributed by atoms with Crippen LogP contribution in [0.4, 0.5) is 0 Å². The average Bonchev–Trinajstić information content (AvgIpc) is 3.15. The van der Waals surface area contributed by atoms with Crippen molar-refractivity contribution in [2.45, 2.75) is 38.1 Å². The number of benzene rings is 2. The molecule has 150 valence electrons. The van der Waals surface area contributed by atoms with Crippen LogP contribution in [0, 0.1) is 12.3 Å². The molecule has 0 aromatic heterocycles. The molecule has 0 bridgehead atoms. The first-order valence-corrected chi connectivity index (χ1v) is 11.2. The molecule has 0 saturated heterocycles. The Morgan fingerprint density at radius 1 is 1.17 bits per heavy atom. The van der Waals surface area contributed by atoms with Gasteiger partial charge in [-0.2, -0.15) is 0 Å². The highest BCUT2D eigenvalue weighted by molar-refractivity contribution is 7.91. The summed E-state index contributed by atoms with van der Waals surface area (Å²) in [6.07, 6.45) is 1.26. The van der Waals surface area contributed by atoms with Crippen LogP contribution in [-0.4, -0.2) is 37.3 Å². The summed E-state index contributed by atoms with van der Waals surface area (Å²) < 4.78 is 26.5. The lowest BCUT2D eigenvalue weighted by Crippen LogP contribution is -2.47. The largest absolute Gasteiger partial charge is 0.301 e. The van der Waals surface area contributed by atoms with Crippen LogP contribution in [0.15, 0.2) is 59.0 Å². The first-order chi connectivity index (χ1) is 13.7. The van der Waals surface area contributed by atoms with E-state index in [1.807, 2.05) is 31.2 Å². The number of sulfone groups is 1. The van der Waals surface area contributed by atoms with Gasteiger partial charge in [-0.3, -0.25) is 4.79 Å². The summed E-state index contributed by atoms with van der Waals surface area (Å²) in [7, 11) is -3.67. The number of rotatable bonds is 4. The predicted octanol–water partition coefficient (Wildman–Crippen LogP) is 3.17. The smallest absolute Gasteiger partial charge is 0.224 e. The van der Waals surface area contributed by atoms with Gasteiger partial charge in [0.25, 0.3) is 0 Å². The highest BCUT2D eigenvalue weighted by Gasteiger charge is 2.55. The second kappa shape index (κ2) is 6.66. The molecule has 6 heteroatoms. The molecule has 0 spiro atoms. The maximum absolute atomic E-state index is 13.3. The number of amides is 1. The van der Waals surface area contributed by atoms with Crippen molar-refractivity contribution in [1.82, 2.24) is 4.90 Å². The van der Waals surface area contributed by atoms with Gasteiger partial charge >= 0.3 is 0 Å². The lowest BCUT2D eigenvalue weighted by Gasteiger charge is -2.35. The molecule has 0 saturated carbocycles. The van der Waals surface area contributed by atoms with Crippen LogP contribution in [-0.2, 0) is 25.8 Å². The third kappa shape index (κ3) is 2.94. The molecule has 0 fully saturated rings.